The summed E-state index contributed by atoms with van der Waals surface area (Å²) in [6, 6.07) is 5.47. The lowest BCUT2D eigenvalue weighted by Crippen LogP contribution is -2.50. The fourth-order valence-corrected chi connectivity index (χ4v) is 4.61. The molecule has 1 fully saturated rings. The van der Waals surface area contributed by atoms with E-state index in [4.69, 9.17) is 9.72 Å². The van der Waals surface area contributed by atoms with E-state index in [1.54, 1.807) is 25.1 Å². The maximum absolute atomic E-state index is 15.5. The summed E-state index contributed by atoms with van der Waals surface area (Å²) in [5.74, 6) is -0.670. The van der Waals surface area contributed by atoms with E-state index in [0.717, 1.165) is 26.1 Å². The van der Waals surface area contributed by atoms with Crippen LogP contribution in [0.15, 0.2) is 24.4 Å². The summed E-state index contributed by atoms with van der Waals surface area (Å²) in [4.78, 5) is 23.1. The molecule has 2 aromatic heterocycles. The largest absolute Gasteiger partial charge is 0.437 e. The molecule has 2 aliphatic heterocycles. The molecular formula is C22H29F2N5O2P2. The second-order valence-electron chi connectivity index (χ2n) is 8.34. The van der Waals surface area contributed by atoms with Gasteiger partial charge in [0.2, 0.25) is 0 Å². The number of fused-ring (bicyclic) bond motifs is 1. The van der Waals surface area contributed by atoms with Crippen molar-refractivity contribution in [2.75, 3.05) is 29.9 Å². The fraction of sp³-hybridized carbons (Fsp3) is 0.500. The molecule has 0 radical (unpaired) electrons. The van der Waals surface area contributed by atoms with Crippen molar-refractivity contribution in [2.24, 2.45) is 0 Å². The van der Waals surface area contributed by atoms with Crippen molar-refractivity contribution < 1.29 is 18.3 Å². The first-order chi connectivity index (χ1) is 15.7. The molecule has 4 rings (SSSR count). The first-order valence-corrected chi connectivity index (χ1v) is 12.3. The number of hydrogen-bond donors (Lipinski definition) is 2. The maximum Gasteiger partial charge on any atom is 0.413 e. The Balaban J connectivity index is 1.87. The number of ether oxygens (including phenoxy) is 1. The summed E-state index contributed by atoms with van der Waals surface area (Å²) in [5.41, 5.74) is 1.86. The van der Waals surface area contributed by atoms with Crippen molar-refractivity contribution in [2.45, 2.75) is 50.2 Å². The molecule has 5 unspecified atom stereocenters. The molecule has 0 saturated carbocycles. The van der Waals surface area contributed by atoms with Gasteiger partial charge >= 0.3 is 6.09 Å². The lowest BCUT2D eigenvalue weighted by atomic mass is 9.97. The SMILES string of the molecule is CC[C@H]1CN(c2cc(C(F)(P)CC)cc(-c3ccnc4c3C(C(F)P)OC(=O)N4)n2)CCN1. The van der Waals surface area contributed by atoms with E-state index in [-0.39, 0.29) is 12.2 Å². The second-order valence-corrected chi connectivity index (χ2v) is 9.89. The molecule has 0 aliphatic carbocycles. The lowest BCUT2D eigenvalue weighted by Gasteiger charge is -2.35. The molecule has 4 heterocycles. The number of carbonyl (C=O) groups is 1. The number of aromatic nitrogens is 2. The zero-order valence-corrected chi connectivity index (χ0v) is 21.0. The standard InChI is InChI=1S/C22H29F2N5O2P2/c1-3-13-11-29(8-7-25-13)16-10-12(22(24,33)4-2)9-15(27-16)14-5-6-26-20-17(14)18(19(23)32)31-21(30)28-20/h5-6,9-10,13,18-19,25H,3-4,7-8,11,32-33H2,1-2H3,(H,26,28,30)/t13-,18?,19?,22?/m0/s1. The molecule has 178 valence electrons. The van der Waals surface area contributed by atoms with Gasteiger partial charge in [0, 0.05) is 43.0 Å². The quantitative estimate of drug-likeness (QED) is 0.574. The third kappa shape index (κ3) is 4.96. The minimum absolute atomic E-state index is 0.216. The number of nitrogens with one attached hydrogen (secondary N) is 2. The Hall–Kier alpha value is -1.95. The molecule has 2 aromatic rings. The highest BCUT2D eigenvalue weighted by Crippen LogP contribution is 2.44. The van der Waals surface area contributed by atoms with Crippen LogP contribution in [0.5, 0.6) is 0 Å². The molecule has 0 bridgehead atoms. The Labute approximate surface area is 196 Å². The van der Waals surface area contributed by atoms with Gasteiger partial charge in [0.15, 0.2) is 12.0 Å². The van der Waals surface area contributed by atoms with Gasteiger partial charge in [0.05, 0.1) is 5.69 Å². The van der Waals surface area contributed by atoms with Crippen LogP contribution in [0, 0.1) is 0 Å². The van der Waals surface area contributed by atoms with Crippen LogP contribution in [-0.4, -0.2) is 47.7 Å². The van der Waals surface area contributed by atoms with Crippen molar-refractivity contribution in [3.8, 4) is 11.3 Å². The number of hydrogen-bond acceptors (Lipinski definition) is 6. The Morgan fingerprint density at radius 2 is 2.18 bits per heavy atom. The number of amides is 1. The molecule has 1 saturated heterocycles. The smallest absolute Gasteiger partial charge is 0.413 e. The van der Waals surface area contributed by atoms with Crippen LogP contribution >= 0.6 is 18.5 Å². The fourth-order valence-electron chi connectivity index (χ4n) is 4.18. The number of pyridine rings is 2. The Morgan fingerprint density at radius 3 is 2.88 bits per heavy atom. The molecule has 33 heavy (non-hydrogen) atoms. The highest BCUT2D eigenvalue weighted by Gasteiger charge is 2.35. The monoisotopic (exact) mass is 495 g/mol. The molecular weight excluding hydrogens is 466 g/mol. The third-order valence-electron chi connectivity index (χ3n) is 6.17. The summed E-state index contributed by atoms with van der Waals surface area (Å²) in [6.07, 6.45) is 0.806. The third-order valence-corrected chi connectivity index (χ3v) is 7.26. The van der Waals surface area contributed by atoms with Gasteiger partial charge in [0.1, 0.15) is 17.0 Å². The number of carbonyl (C=O) groups excluding carboxylic acids is 1. The average molecular weight is 495 g/mol. The number of anilines is 2. The zero-order chi connectivity index (χ0) is 23.8. The van der Waals surface area contributed by atoms with Gasteiger partial charge in [-0.1, -0.05) is 32.3 Å². The van der Waals surface area contributed by atoms with Crippen LogP contribution in [0.3, 0.4) is 0 Å². The summed E-state index contributed by atoms with van der Waals surface area (Å²) in [6.45, 7) is 6.20. The number of halogens is 2. The molecule has 2 N–H and O–H groups in total. The van der Waals surface area contributed by atoms with E-state index in [1.165, 1.54) is 6.20 Å². The molecule has 0 aromatic carbocycles. The van der Waals surface area contributed by atoms with Crippen LogP contribution in [0.2, 0.25) is 0 Å². The van der Waals surface area contributed by atoms with Gasteiger partial charge in [0.25, 0.3) is 0 Å². The van der Waals surface area contributed by atoms with E-state index in [0.29, 0.717) is 34.2 Å². The Bertz CT molecular complexity index is 1040. The van der Waals surface area contributed by atoms with Crippen LogP contribution in [0.4, 0.5) is 25.2 Å². The molecule has 2 aliphatic rings. The number of piperazine rings is 1. The van der Waals surface area contributed by atoms with Crippen LogP contribution in [0.25, 0.3) is 11.3 Å². The van der Waals surface area contributed by atoms with Crippen LogP contribution in [-0.2, 0) is 10.1 Å². The predicted octanol–water partition coefficient (Wildman–Crippen LogP) is 4.51. The topological polar surface area (TPSA) is 79.4 Å². The second kappa shape index (κ2) is 9.73. The summed E-state index contributed by atoms with van der Waals surface area (Å²) in [7, 11) is 4.32. The molecule has 11 heteroatoms. The number of alkyl halides is 2. The van der Waals surface area contributed by atoms with Crippen molar-refractivity contribution in [1.82, 2.24) is 15.3 Å². The van der Waals surface area contributed by atoms with Gasteiger partial charge in [-0.25, -0.2) is 23.5 Å². The van der Waals surface area contributed by atoms with E-state index >= 15 is 4.39 Å². The number of nitrogens with zero attached hydrogens (tertiary/aromatic N) is 3. The van der Waals surface area contributed by atoms with Crippen molar-refractivity contribution >= 4 is 36.2 Å². The number of rotatable bonds is 6. The van der Waals surface area contributed by atoms with E-state index < -0.39 is 23.5 Å². The summed E-state index contributed by atoms with van der Waals surface area (Å²) in [5, 5.41) is 4.36. The van der Waals surface area contributed by atoms with Crippen LogP contribution < -0.4 is 15.5 Å². The van der Waals surface area contributed by atoms with Gasteiger partial charge < -0.3 is 15.0 Å². The molecule has 1 amide bonds. The van der Waals surface area contributed by atoms with Gasteiger partial charge in [-0.15, -0.1) is 0 Å². The molecule has 7 nitrogen and oxygen atoms in total. The highest BCUT2D eigenvalue weighted by molar-refractivity contribution is 7.18. The van der Waals surface area contributed by atoms with Gasteiger partial charge in [-0.2, -0.15) is 0 Å². The lowest BCUT2D eigenvalue weighted by molar-refractivity contribution is 0.0779. The van der Waals surface area contributed by atoms with Crippen molar-refractivity contribution in [1.29, 1.82) is 0 Å². The summed E-state index contributed by atoms with van der Waals surface area (Å²) >= 11 is 0. The first kappa shape index (κ1) is 24.2. The number of cyclic esters (lactones) is 1. The predicted molar refractivity (Wildman–Crippen MR) is 132 cm³/mol. The Morgan fingerprint density at radius 1 is 1.39 bits per heavy atom. The summed E-state index contributed by atoms with van der Waals surface area (Å²) < 4.78 is 35.1. The first-order valence-electron chi connectivity index (χ1n) is 11.1. The highest BCUT2D eigenvalue weighted by atomic mass is 31.0. The van der Waals surface area contributed by atoms with E-state index in [1.807, 2.05) is 9.24 Å². The zero-order valence-electron chi connectivity index (χ0n) is 18.6. The average Bonchev–Trinajstić information content (AvgIpc) is 2.82. The van der Waals surface area contributed by atoms with E-state index in [2.05, 4.69) is 36.7 Å². The minimum Gasteiger partial charge on any atom is -0.437 e. The molecule has 6 atom stereocenters. The van der Waals surface area contributed by atoms with Crippen molar-refractivity contribution in [3.63, 3.8) is 0 Å². The van der Waals surface area contributed by atoms with Crippen molar-refractivity contribution in [3.05, 3.63) is 35.5 Å². The Kier molecular flexibility index (Phi) is 7.13. The van der Waals surface area contributed by atoms with E-state index in [9.17, 15) is 9.18 Å². The van der Waals surface area contributed by atoms with Crippen LogP contribution in [0.1, 0.15) is 43.9 Å². The maximum atomic E-state index is 15.5. The molecule has 0 spiro atoms. The minimum atomic E-state index is -1.65. The normalized spacial score (nSPS) is 23.2. The van der Waals surface area contributed by atoms with Gasteiger partial charge in [-0.05, 0) is 36.6 Å². The van der Waals surface area contributed by atoms with Gasteiger partial charge in [-0.3, -0.25) is 5.32 Å².